The van der Waals surface area contributed by atoms with Crippen LogP contribution in [0.3, 0.4) is 0 Å². The van der Waals surface area contributed by atoms with E-state index in [1.165, 1.54) is 10.9 Å². The summed E-state index contributed by atoms with van der Waals surface area (Å²) in [6, 6.07) is 8.41. The summed E-state index contributed by atoms with van der Waals surface area (Å²) in [7, 11) is 2.06. The van der Waals surface area contributed by atoms with Gasteiger partial charge in [-0.05, 0) is 29.6 Å². The monoisotopic (exact) mass is 494 g/mol. The van der Waals surface area contributed by atoms with Crippen molar-refractivity contribution in [3.05, 3.63) is 51.9 Å². The molecule has 4 nitrogen and oxygen atoms in total. The third kappa shape index (κ3) is 2.77. The van der Waals surface area contributed by atoms with Gasteiger partial charge in [-0.25, -0.2) is 9.50 Å². The van der Waals surface area contributed by atoms with E-state index >= 15 is 0 Å². The Morgan fingerprint density at radius 1 is 1.16 bits per heavy atom. The minimum atomic E-state index is 0. The number of imidazole rings is 1. The van der Waals surface area contributed by atoms with Gasteiger partial charge in [0.05, 0.1) is 11.9 Å². The molecule has 0 aliphatic heterocycles. The minimum absolute atomic E-state index is 0. The van der Waals surface area contributed by atoms with E-state index in [-0.39, 0.29) is 17.0 Å². The van der Waals surface area contributed by atoms with Crippen molar-refractivity contribution in [3.63, 3.8) is 0 Å². The van der Waals surface area contributed by atoms with Crippen LogP contribution in [0.5, 0.6) is 0 Å². The lowest BCUT2D eigenvalue weighted by Gasteiger charge is -1.96. The average molecular weight is 496 g/mol. The quantitative estimate of drug-likeness (QED) is 0.300. The highest BCUT2D eigenvalue weighted by atomic mass is 79.9. The Labute approximate surface area is 170 Å². The number of nitrogens with zero attached hydrogens (tertiary/aromatic N) is 4. The van der Waals surface area contributed by atoms with E-state index in [0.717, 1.165) is 31.3 Å². The Balaban J connectivity index is 0.00000157. The fourth-order valence-corrected chi connectivity index (χ4v) is 4.81. The Morgan fingerprint density at radius 2 is 2.04 bits per heavy atom. The van der Waals surface area contributed by atoms with Crippen LogP contribution in [0.2, 0.25) is 0 Å². The van der Waals surface area contributed by atoms with E-state index in [4.69, 9.17) is 10.1 Å². The topological polar surface area (TPSA) is 35.1 Å². The van der Waals surface area contributed by atoms with Crippen LogP contribution >= 0.6 is 55.6 Å². The zero-order chi connectivity index (χ0) is 16.3. The van der Waals surface area contributed by atoms with Crippen molar-refractivity contribution in [2.75, 3.05) is 0 Å². The van der Waals surface area contributed by atoms with Crippen molar-refractivity contribution < 1.29 is 0 Å². The smallest absolute Gasteiger partial charge is 0.213 e. The van der Waals surface area contributed by atoms with Crippen molar-refractivity contribution >= 4 is 71.4 Å². The summed E-state index contributed by atoms with van der Waals surface area (Å²) in [5, 5.41) is 11.1. The van der Waals surface area contributed by atoms with E-state index in [0.29, 0.717) is 0 Å². The van der Waals surface area contributed by atoms with Crippen LogP contribution in [0.15, 0.2) is 51.9 Å². The maximum absolute atomic E-state index is 4.75. The molecule has 0 spiro atoms. The van der Waals surface area contributed by atoms with Gasteiger partial charge in [-0.3, -0.25) is 0 Å². The lowest BCUT2D eigenvalue weighted by Crippen LogP contribution is -1.82. The summed E-state index contributed by atoms with van der Waals surface area (Å²) >= 11 is 6.86. The summed E-state index contributed by atoms with van der Waals surface area (Å²) in [5.41, 5.74) is 4.46. The Bertz CT molecular complexity index is 1150. The lowest BCUT2D eigenvalue weighted by molar-refractivity contribution is 0.961. The third-order valence-electron chi connectivity index (χ3n) is 4.04. The van der Waals surface area contributed by atoms with Crippen LogP contribution in [0.4, 0.5) is 0 Å². The molecule has 0 fully saturated rings. The molecular formula is C17H12Br2N4S2. The SMILES string of the molecule is Br.Cn1cc(-c2nn3cc(-c4ccsc4)nc3s2)c2cc(Br)ccc21. The number of aryl methyl sites for hydroxylation is 1. The Morgan fingerprint density at radius 3 is 2.80 bits per heavy atom. The molecule has 5 aromatic rings. The van der Waals surface area contributed by atoms with Crippen molar-refractivity contribution in [2.45, 2.75) is 0 Å². The average Bonchev–Trinajstić information content (AvgIpc) is 3.28. The molecule has 126 valence electrons. The van der Waals surface area contributed by atoms with Gasteiger partial charge in [-0.2, -0.15) is 16.4 Å². The molecule has 0 bridgehead atoms. The van der Waals surface area contributed by atoms with Crippen LogP contribution in [0, 0.1) is 0 Å². The van der Waals surface area contributed by atoms with Gasteiger partial charge in [0.15, 0.2) is 0 Å². The molecule has 0 aliphatic rings. The van der Waals surface area contributed by atoms with Crippen molar-refractivity contribution in [3.8, 4) is 21.8 Å². The van der Waals surface area contributed by atoms with Crippen molar-refractivity contribution in [1.82, 2.24) is 19.2 Å². The van der Waals surface area contributed by atoms with Crippen molar-refractivity contribution in [1.29, 1.82) is 0 Å². The predicted octanol–water partition coefficient (Wildman–Crippen LogP) is 6.02. The molecule has 4 aromatic heterocycles. The second-order valence-corrected chi connectivity index (χ2v) is 8.24. The molecule has 0 radical (unpaired) electrons. The maximum atomic E-state index is 4.75. The highest BCUT2D eigenvalue weighted by Crippen LogP contribution is 2.35. The minimum Gasteiger partial charge on any atom is -0.350 e. The number of halogens is 2. The van der Waals surface area contributed by atoms with E-state index in [2.05, 4.69) is 68.8 Å². The number of benzene rings is 1. The molecular weight excluding hydrogens is 484 g/mol. The molecule has 0 aliphatic carbocycles. The molecule has 0 amide bonds. The molecule has 5 rings (SSSR count). The number of fused-ring (bicyclic) bond motifs is 2. The summed E-state index contributed by atoms with van der Waals surface area (Å²) in [6.45, 7) is 0. The summed E-state index contributed by atoms with van der Waals surface area (Å²) < 4.78 is 5.09. The zero-order valence-electron chi connectivity index (χ0n) is 13.0. The van der Waals surface area contributed by atoms with Gasteiger partial charge in [-0.1, -0.05) is 27.3 Å². The summed E-state index contributed by atoms with van der Waals surface area (Å²) in [5.74, 6) is 0. The molecule has 8 heteroatoms. The van der Waals surface area contributed by atoms with E-state index in [1.54, 1.807) is 22.7 Å². The molecule has 0 atom stereocenters. The first-order valence-corrected chi connectivity index (χ1v) is 9.88. The highest BCUT2D eigenvalue weighted by molar-refractivity contribution is 9.10. The predicted molar refractivity (Wildman–Crippen MR) is 114 cm³/mol. The number of thiophene rings is 1. The second kappa shape index (κ2) is 6.35. The Kier molecular flexibility index (Phi) is 4.31. The number of aromatic nitrogens is 4. The first-order chi connectivity index (χ1) is 11.7. The first-order valence-electron chi connectivity index (χ1n) is 7.33. The van der Waals surface area contributed by atoms with Gasteiger partial charge in [0.1, 0.15) is 5.01 Å². The van der Waals surface area contributed by atoms with Gasteiger partial charge in [0.2, 0.25) is 4.96 Å². The van der Waals surface area contributed by atoms with Crippen molar-refractivity contribution in [2.24, 2.45) is 7.05 Å². The second-order valence-electron chi connectivity index (χ2n) is 5.59. The molecule has 0 unspecified atom stereocenters. The van der Waals surface area contributed by atoms with Crippen LogP contribution < -0.4 is 0 Å². The van der Waals surface area contributed by atoms with Gasteiger partial charge in [-0.15, -0.1) is 17.0 Å². The van der Waals surface area contributed by atoms with Gasteiger partial charge < -0.3 is 4.57 Å². The number of hydrogen-bond donors (Lipinski definition) is 0. The standard InChI is InChI=1S/C17H11BrN4S2.BrH/c1-21-7-13(12-6-11(18)2-3-15(12)21)16-20-22-8-14(19-17(22)24-16)10-4-5-23-9-10;/h2-9H,1H3;1H. The fraction of sp³-hybridized carbons (Fsp3) is 0.0588. The molecule has 0 N–H and O–H groups in total. The largest absolute Gasteiger partial charge is 0.350 e. The van der Waals surface area contributed by atoms with Gasteiger partial charge in [0.25, 0.3) is 0 Å². The van der Waals surface area contributed by atoms with E-state index in [9.17, 15) is 0 Å². The van der Waals surface area contributed by atoms with E-state index < -0.39 is 0 Å². The van der Waals surface area contributed by atoms with Crippen LogP contribution in [0.1, 0.15) is 0 Å². The fourth-order valence-electron chi connectivity index (χ4n) is 2.89. The molecule has 0 saturated heterocycles. The third-order valence-corrected chi connectivity index (χ3v) is 6.17. The summed E-state index contributed by atoms with van der Waals surface area (Å²) in [6.07, 6.45) is 4.13. The Hall–Kier alpha value is -1.48. The molecule has 1 aromatic carbocycles. The first kappa shape index (κ1) is 17.0. The molecule has 4 heterocycles. The summed E-state index contributed by atoms with van der Waals surface area (Å²) in [4.78, 5) is 5.63. The number of hydrogen-bond acceptors (Lipinski definition) is 4. The maximum Gasteiger partial charge on any atom is 0.213 e. The lowest BCUT2D eigenvalue weighted by atomic mass is 10.2. The normalized spacial score (nSPS) is 11.3. The zero-order valence-corrected chi connectivity index (χ0v) is 17.9. The molecule has 25 heavy (non-hydrogen) atoms. The van der Waals surface area contributed by atoms with Crippen LogP contribution in [-0.2, 0) is 7.05 Å². The highest BCUT2D eigenvalue weighted by Gasteiger charge is 2.15. The number of rotatable bonds is 2. The van der Waals surface area contributed by atoms with Gasteiger partial charge >= 0.3 is 0 Å². The van der Waals surface area contributed by atoms with Crippen LogP contribution in [-0.4, -0.2) is 19.2 Å². The van der Waals surface area contributed by atoms with Crippen LogP contribution in [0.25, 0.3) is 37.7 Å². The van der Waals surface area contributed by atoms with Gasteiger partial charge in [0, 0.05) is 45.1 Å². The molecule has 0 saturated carbocycles. The van der Waals surface area contributed by atoms with E-state index in [1.807, 2.05) is 10.7 Å².